The summed E-state index contributed by atoms with van der Waals surface area (Å²) in [6.45, 7) is 0. The monoisotopic (exact) mass is 301 g/mol. The minimum Gasteiger partial charge on any atom is -0.322 e. The number of hydrogen-bond acceptors (Lipinski definition) is 1. The van der Waals surface area contributed by atoms with E-state index < -0.39 is 29.3 Å². The Labute approximate surface area is 116 Å². The lowest BCUT2D eigenvalue weighted by Crippen LogP contribution is -2.13. The zero-order valence-corrected chi connectivity index (χ0v) is 10.3. The Balaban J connectivity index is 2.15. The van der Waals surface area contributed by atoms with Crippen molar-refractivity contribution in [1.29, 1.82) is 0 Å². The summed E-state index contributed by atoms with van der Waals surface area (Å²) in [5.74, 6) is -2.93. The maximum Gasteiger partial charge on any atom is 0.416 e. The van der Waals surface area contributed by atoms with Crippen molar-refractivity contribution in [2.75, 3.05) is 5.32 Å². The summed E-state index contributed by atoms with van der Waals surface area (Å²) in [5, 5.41) is 2.26. The quantitative estimate of drug-likeness (QED) is 0.826. The summed E-state index contributed by atoms with van der Waals surface area (Å²) in [7, 11) is 0. The maximum absolute atomic E-state index is 13.0. The van der Waals surface area contributed by atoms with Gasteiger partial charge in [0.25, 0.3) is 5.91 Å². The van der Waals surface area contributed by atoms with Crippen LogP contribution in [0.1, 0.15) is 15.9 Å². The smallest absolute Gasteiger partial charge is 0.322 e. The fourth-order valence-corrected chi connectivity index (χ4v) is 1.59. The van der Waals surface area contributed by atoms with E-state index in [0.29, 0.717) is 0 Å². The third-order valence-corrected chi connectivity index (χ3v) is 2.65. The van der Waals surface area contributed by atoms with E-state index in [4.69, 9.17) is 0 Å². The Morgan fingerprint density at radius 2 is 1.52 bits per heavy atom. The van der Waals surface area contributed by atoms with Crippen LogP contribution in [0, 0.1) is 11.6 Å². The molecule has 0 atom stereocenters. The molecule has 0 heterocycles. The highest BCUT2D eigenvalue weighted by Crippen LogP contribution is 2.29. The van der Waals surface area contributed by atoms with Crippen molar-refractivity contribution < 1.29 is 26.7 Å². The van der Waals surface area contributed by atoms with Crippen molar-refractivity contribution in [3.05, 3.63) is 65.2 Å². The van der Waals surface area contributed by atoms with Crippen molar-refractivity contribution in [1.82, 2.24) is 0 Å². The van der Waals surface area contributed by atoms with E-state index in [1.807, 2.05) is 0 Å². The van der Waals surface area contributed by atoms with Crippen LogP contribution in [0.4, 0.5) is 27.6 Å². The molecule has 0 aliphatic heterocycles. The molecule has 1 amide bonds. The Kier molecular flexibility index (Phi) is 3.93. The van der Waals surface area contributed by atoms with Crippen LogP contribution in [0.2, 0.25) is 0 Å². The standard InChI is InChI=1S/C14H8F5NO/c15-11-6-5-10(7-12(11)16)20-13(21)8-1-3-9(4-2-8)14(17,18)19/h1-7H,(H,20,21). The molecule has 0 aliphatic rings. The van der Waals surface area contributed by atoms with Gasteiger partial charge in [-0.25, -0.2) is 8.78 Å². The molecule has 0 aromatic heterocycles. The Bertz CT molecular complexity index is 664. The largest absolute Gasteiger partial charge is 0.416 e. The van der Waals surface area contributed by atoms with Crippen molar-refractivity contribution in [2.45, 2.75) is 6.18 Å². The van der Waals surface area contributed by atoms with E-state index in [0.717, 1.165) is 42.5 Å². The minimum atomic E-state index is -4.49. The Morgan fingerprint density at radius 1 is 0.905 bits per heavy atom. The van der Waals surface area contributed by atoms with Crippen LogP contribution >= 0.6 is 0 Å². The fraction of sp³-hybridized carbons (Fsp3) is 0.0714. The molecule has 2 aromatic carbocycles. The number of halogens is 5. The highest BCUT2D eigenvalue weighted by atomic mass is 19.4. The molecule has 21 heavy (non-hydrogen) atoms. The van der Waals surface area contributed by atoms with E-state index in [1.54, 1.807) is 0 Å². The van der Waals surface area contributed by atoms with E-state index >= 15 is 0 Å². The van der Waals surface area contributed by atoms with Gasteiger partial charge in [-0.05, 0) is 36.4 Å². The summed E-state index contributed by atoms with van der Waals surface area (Å²) in [5.41, 5.74) is -0.918. The van der Waals surface area contributed by atoms with E-state index in [1.165, 1.54) is 0 Å². The van der Waals surface area contributed by atoms with Crippen LogP contribution in [0.25, 0.3) is 0 Å². The summed E-state index contributed by atoms with van der Waals surface area (Å²) in [4.78, 5) is 11.8. The van der Waals surface area contributed by atoms with Crippen molar-refractivity contribution >= 4 is 11.6 Å². The van der Waals surface area contributed by atoms with E-state index in [-0.39, 0.29) is 11.3 Å². The average molecular weight is 301 g/mol. The van der Waals surface area contributed by atoms with Gasteiger partial charge in [-0.3, -0.25) is 4.79 Å². The molecule has 0 aliphatic carbocycles. The van der Waals surface area contributed by atoms with Crippen LogP contribution < -0.4 is 5.32 Å². The second-order valence-electron chi connectivity index (χ2n) is 4.16. The normalized spacial score (nSPS) is 11.3. The Morgan fingerprint density at radius 3 is 2.05 bits per heavy atom. The van der Waals surface area contributed by atoms with E-state index in [2.05, 4.69) is 5.32 Å². The van der Waals surface area contributed by atoms with Gasteiger partial charge in [-0.15, -0.1) is 0 Å². The first-order valence-corrected chi connectivity index (χ1v) is 5.71. The molecule has 0 spiro atoms. The third kappa shape index (κ3) is 3.56. The minimum absolute atomic E-state index is 0.00111. The predicted octanol–water partition coefficient (Wildman–Crippen LogP) is 4.24. The molecule has 2 nitrogen and oxygen atoms in total. The number of carbonyl (C=O) groups is 1. The molecule has 0 fully saturated rings. The van der Waals surface area contributed by atoms with Crippen LogP contribution in [0.3, 0.4) is 0 Å². The zero-order chi connectivity index (χ0) is 15.6. The van der Waals surface area contributed by atoms with Crippen molar-refractivity contribution in [3.8, 4) is 0 Å². The number of nitrogens with one attached hydrogen (secondary N) is 1. The molecule has 110 valence electrons. The highest BCUT2D eigenvalue weighted by molar-refractivity contribution is 6.04. The van der Waals surface area contributed by atoms with E-state index in [9.17, 15) is 26.7 Å². The fourth-order valence-electron chi connectivity index (χ4n) is 1.59. The molecule has 1 N–H and O–H groups in total. The number of carbonyl (C=O) groups excluding carboxylic acids is 1. The third-order valence-electron chi connectivity index (χ3n) is 2.65. The molecule has 0 bridgehead atoms. The lowest BCUT2D eigenvalue weighted by Gasteiger charge is -2.08. The molecule has 7 heteroatoms. The van der Waals surface area contributed by atoms with Gasteiger partial charge in [-0.2, -0.15) is 13.2 Å². The van der Waals surface area contributed by atoms with Gasteiger partial charge in [0.1, 0.15) is 0 Å². The molecule has 2 rings (SSSR count). The molecule has 2 aromatic rings. The number of hydrogen-bond donors (Lipinski definition) is 1. The average Bonchev–Trinajstić information content (AvgIpc) is 2.42. The summed E-state index contributed by atoms with van der Waals surface area (Å²) in [6, 6.07) is 6.27. The van der Waals surface area contributed by atoms with Gasteiger partial charge < -0.3 is 5.32 Å². The summed E-state index contributed by atoms with van der Waals surface area (Å²) >= 11 is 0. The number of alkyl halides is 3. The molecule has 0 saturated carbocycles. The second kappa shape index (κ2) is 5.51. The maximum atomic E-state index is 13.0. The molecule has 0 unspecified atom stereocenters. The first-order chi connectivity index (χ1) is 9.77. The molecular formula is C14H8F5NO. The topological polar surface area (TPSA) is 29.1 Å². The number of anilines is 1. The number of amides is 1. The van der Waals surface area contributed by atoms with Gasteiger partial charge in [0, 0.05) is 17.3 Å². The lowest BCUT2D eigenvalue weighted by molar-refractivity contribution is -0.137. The highest BCUT2D eigenvalue weighted by Gasteiger charge is 2.30. The number of benzene rings is 2. The Hall–Kier alpha value is -2.44. The first-order valence-electron chi connectivity index (χ1n) is 5.71. The van der Waals surface area contributed by atoms with Gasteiger partial charge in [0.2, 0.25) is 0 Å². The van der Waals surface area contributed by atoms with Gasteiger partial charge in [0.05, 0.1) is 5.56 Å². The summed E-state index contributed by atoms with van der Waals surface area (Å²) < 4.78 is 62.8. The van der Waals surface area contributed by atoms with Gasteiger partial charge >= 0.3 is 6.18 Å². The van der Waals surface area contributed by atoms with Crippen LogP contribution in [-0.2, 0) is 6.18 Å². The summed E-state index contributed by atoms with van der Waals surface area (Å²) in [6.07, 6.45) is -4.49. The first kappa shape index (κ1) is 15.0. The molecular weight excluding hydrogens is 293 g/mol. The zero-order valence-electron chi connectivity index (χ0n) is 10.3. The van der Waals surface area contributed by atoms with Crippen LogP contribution in [-0.4, -0.2) is 5.91 Å². The second-order valence-corrected chi connectivity index (χ2v) is 4.16. The predicted molar refractivity (Wildman–Crippen MR) is 65.8 cm³/mol. The van der Waals surface area contributed by atoms with Gasteiger partial charge in [0.15, 0.2) is 11.6 Å². The van der Waals surface area contributed by atoms with Crippen molar-refractivity contribution in [2.24, 2.45) is 0 Å². The lowest BCUT2D eigenvalue weighted by atomic mass is 10.1. The molecule has 0 saturated heterocycles. The molecule has 0 radical (unpaired) electrons. The SMILES string of the molecule is O=C(Nc1ccc(F)c(F)c1)c1ccc(C(F)(F)F)cc1. The van der Waals surface area contributed by atoms with Crippen LogP contribution in [0.5, 0.6) is 0 Å². The van der Waals surface area contributed by atoms with Gasteiger partial charge in [-0.1, -0.05) is 0 Å². The number of rotatable bonds is 2. The van der Waals surface area contributed by atoms with Crippen molar-refractivity contribution in [3.63, 3.8) is 0 Å². The van der Waals surface area contributed by atoms with Crippen LogP contribution in [0.15, 0.2) is 42.5 Å².